The van der Waals surface area contributed by atoms with E-state index in [4.69, 9.17) is 4.74 Å². The smallest absolute Gasteiger partial charge is 0.306 e. The molecular weight excluding hydrogens is 284 g/mol. The van der Waals surface area contributed by atoms with Gasteiger partial charge in [-0.25, -0.2) is 0 Å². The lowest BCUT2D eigenvalue weighted by Gasteiger charge is -2.12. The zero-order chi connectivity index (χ0) is 16.1. The number of aryl methyl sites for hydroxylation is 1. The first-order valence-electron chi connectivity index (χ1n) is 8.01. The molecule has 2 nitrogen and oxygen atoms in total. The van der Waals surface area contributed by atoms with E-state index in [-0.39, 0.29) is 5.97 Å². The molecule has 0 amide bonds. The third kappa shape index (κ3) is 3.42. The molecule has 0 saturated carbocycles. The summed E-state index contributed by atoms with van der Waals surface area (Å²) in [5.74, 6) is -0.139. The van der Waals surface area contributed by atoms with Crippen LogP contribution in [0.4, 0.5) is 0 Å². The zero-order valence-corrected chi connectivity index (χ0v) is 13.3. The van der Waals surface area contributed by atoms with E-state index >= 15 is 0 Å². The van der Waals surface area contributed by atoms with Crippen molar-refractivity contribution in [1.82, 2.24) is 0 Å². The number of fused-ring (bicyclic) bond motifs is 1. The van der Waals surface area contributed by atoms with E-state index in [2.05, 4.69) is 54.6 Å². The first kappa shape index (κ1) is 15.3. The largest absolute Gasteiger partial charge is 0.466 e. The second-order valence-corrected chi connectivity index (χ2v) is 5.49. The third-order valence-electron chi connectivity index (χ3n) is 4.00. The molecule has 0 saturated heterocycles. The predicted octanol–water partition coefficient (Wildman–Crippen LogP) is 5.00. The molecule has 2 heteroatoms. The fraction of sp³-hybridized carbons (Fsp3) is 0.190. The summed E-state index contributed by atoms with van der Waals surface area (Å²) < 4.78 is 5.04. The van der Waals surface area contributed by atoms with Gasteiger partial charge in [0.15, 0.2) is 0 Å². The Hall–Kier alpha value is -2.61. The van der Waals surface area contributed by atoms with Crippen molar-refractivity contribution in [3.05, 3.63) is 72.3 Å². The minimum atomic E-state index is -0.139. The first-order valence-corrected chi connectivity index (χ1v) is 8.01. The molecule has 0 aromatic heterocycles. The fourth-order valence-corrected chi connectivity index (χ4v) is 2.93. The maximum atomic E-state index is 11.7. The van der Waals surface area contributed by atoms with Crippen LogP contribution in [0.3, 0.4) is 0 Å². The highest BCUT2D eigenvalue weighted by Gasteiger charge is 2.10. The lowest BCUT2D eigenvalue weighted by atomic mass is 9.93. The predicted molar refractivity (Wildman–Crippen MR) is 94.3 cm³/mol. The number of hydrogen-bond acceptors (Lipinski definition) is 2. The second kappa shape index (κ2) is 7.10. The standard InChI is InChI=1S/C21H20O2/c1-2-23-21(22)15-14-17-9-4-6-12-19(17)20-13-7-10-16-8-3-5-11-18(16)20/h3-13H,2,14-15H2,1H3. The number of esters is 1. The van der Waals surface area contributed by atoms with Gasteiger partial charge in [0.1, 0.15) is 0 Å². The van der Waals surface area contributed by atoms with Crippen LogP contribution in [0.25, 0.3) is 21.9 Å². The number of ether oxygens (including phenoxy) is 1. The molecule has 23 heavy (non-hydrogen) atoms. The van der Waals surface area contributed by atoms with Gasteiger partial charge in [0.05, 0.1) is 6.61 Å². The van der Waals surface area contributed by atoms with E-state index in [1.807, 2.05) is 19.1 Å². The van der Waals surface area contributed by atoms with Crippen LogP contribution in [0.2, 0.25) is 0 Å². The van der Waals surface area contributed by atoms with Crippen molar-refractivity contribution in [2.75, 3.05) is 6.61 Å². The third-order valence-corrected chi connectivity index (χ3v) is 4.00. The Labute approximate surface area is 136 Å². The van der Waals surface area contributed by atoms with Crippen LogP contribution < -0.4 is 0 Å². The summed E-state index contributed by atoms with van der Waals surface area (Å²) in [6, 6.07) is 23.0. The molecule has 0 bridgehead atoms. The van der Waals surface area contributed by atoms with E-state index in [9.17, 15) is 4.79 Å². The molecule has 0 N–H and O–H groups in total. The molecular formula is C21H20O2. The van der Waals surface area contributed by atoms with Gasteiger partial charge in [-0.05, 0) is 40.8 Å². The number of rotatable bonds is 5. The molecule has 0 aliphatic heterocycles. The van der Waals surface area contributed by atoms with Crippen LogP contribution in [0.15, 0.2) is 66.7 Å². The number of hydrogen-bond donors (Lipinski definition) is 0. The van der Waals surface area contributed by atoms with Gasteiger partial charge in [0.25, 0.3) is 0 Å². The Bertz CT molecular complexity index is 815. The molecule has 3 aromatic rings. The Morgan fingerprint density at radius 3 is 2.43 bits per heavy atom. The van der Waals surface area contributed by atoms with Crippen molar-refractivity contribution in [3.63, 3.8) is 0 Å². The van der Waals surface area contributed by atoms with Crippen LogP contribution in [-0.2, 0) is 16.0 Å². The number of carbonyl (C=O) groups is 1. The molecule has 0 radical (unpaired) electrons. The summed E-state index contributed by atoms with van der Waals surface area (Å²) in [6.45, 7) is 2.27. The molecule has 3 aromatic carbocycles. The summed E-state index contributed by atoms with van der Waals surface area (Å²) in [5.41, 5.74) is 3.58. The van der Waals surface area contributed by atoms with E-state index < -0.39 is 0 Å². The normalized spacial score (nSPS) is 10.7. The van der Waals surface area contributed by atoms with E-state index in [0.717, 1.165) is 0 Å². The topological polar surface area (TPSA) is 26.3 Å². The van der Waals surface area contributed by atoms with Crippen LogP contribution in [0, 0.1) is 0 Å². The fourth-order valence-electron chi connectivity index (χ4n) is 2.93. The minimum absolute atomic E-state index is 0.139. The van der Waals surface area contributed by atoms with Gasteiger partial charge in [-0.1, -0.05) is 66.7 Å². The summed E-state index contributed by atoms with van der Waals surface area (Å²) in [5, 5.41) is 2.46. The van der Waals surface area contributed by atoms with Crippen molar-refractivity contribution in [2.45, 2.75) is 19.8 Å². The van der Waals surface area contributed by atoms with Gasteiger partial charge in [0.2, 0.25) is 0 Å². The average molecular weight is 304 g/mol. The second-order valence-electron chi connectivity index (χ2n) is 5.49. The minimum Gasteiger partial charge on any atom is -0.466 e. The maximum absolute atomic E-state index is 11.7. The molecule has 0 atom stereocenters. The average Bonchev–Trinajstić information content (AvgIpc) is 2.60. The molecule has 0 aliphatic carbocycles. The number of carbonyl (C=O) groups excluding carboxylic acids is 1. The summed E-state index contributed by atoms with van der Waals surface area (Å²) in [7, 11) is 0. The lowest BCUT2D eigenvalue weighted by molar-refractivity contribution is -0.143. The lowest BCUT2D eigenvalue weighted by Crippen LogP contribution is -2.05. The van der Waals surface area contributed by atoms with E-state index in [1.54, 1.807) is 0 Å². The maximum Gasteiger partial charge on any atom is 0.306 e. The van der Waals surface area contributed by atoms with E-state index in [0.29, 0.717) is 19.4 Å². The Morgan fingerprint density at radius 2 is 1.57 bits per heavy atom. The van der Waals surface area contributed by atoms with Gasteiger partial charge in [-0.3, -0.25) is 4.79 Å². The van der Waals surface area contributed by atoms with Gasteiger partial charge in [-0.15, -0.1) is 0 Å². The molecule has 0 spiro atoms. The Kier molecular flexibility index (Phi) is 4.72. The van der Waals surface area contributed by atoms with Crippen molar-refractivity contribution in [1.29, 1.82) is 0 Å². The van der Waals surface area contributed by atoms with Crippen LogP contribution in [0.5, 0.6) is 0 Å². The molecule has 0 fully saturated rings. The SMILES string of the molecule is CCOC(=O)CCc1ccccc1-c1cccc2ccccc12. The molecule has 3 rings (SSSR count). The van der Waals surface area contributed by atoms with Crippen molar-refractivity contribution in [3.8, 4) is 11.1 Å². The van der Waals surface area contributed by atoms with Crippen LogP contribution >= 0.6 is 0 Å². The molecule has 0 heterocycles. The molecule has 0 aliphatic rings. The summed E-state index contributed by atoms with van der Waals surface area (Å²) >= 11 is 0. The van der Waals surface area contributed by atoms with Gasteiger partial charge in [0, 0.05) is 6.42 Å². The summed E-state index contributed by atoms with van der Waals surface area (Å²) in [4.78, 5) is 11.7. The van der Waals surface area contributed by atoms with Crippen molar-refractivity contribution < 1.29 is 9.53 Å². The Morgan fingerprint density at radius 1 is 0.870 bits per heavy atom. The monoisotopic (exact) mass is 304 g/mol. The van der Waals surface area contributed by atoms with Crippen LogP contribution in [0.1, 0.15) is 18.9 Å². The zero-order valence-electron chi connectivity index (χ0n) is 13.3. The molecule has 0 unspecified atom stereocenters. The van der Waals surface area contributed by atoms with Gasteiger partial charge in [-0.2, -0.15) is 0 Å². The van der Waals surface area contributed by atoms with Crippen LogP contribution in [-0.4, -0.2) is 12.6 Å². The highest BCUT2D eigenvalue weighted by Crippen LogP contribution is 2.31. The highest BCUT2D eigenvalue weighted by atomic mass is 16.5. The quantitative estimate of drug-likeness (QED) is 0.620. The number of benzene rings is 3. The summed E-state index contributed by atoms with van der Waals surface area (Å²) in [6.07, 6.45) is 1.11. The van der Waals surface area contributed by atoms with Gasteiger partial charge < -0.3 is 4.74 Å². The van der Waals surface area contributed by atoms with Gasteiger partial charge >= 0.3 is 5.97 Å². The Balaban J connectivity index is 1.98. The first-order chi connectivity index (χ1) is 11.3. The highest BCUT2D eigenvalue weighted by molar-refractivity contribution is 5.97. The van der Waals surface area contributed by atoms with Crippen molar-refractivity contribution >= 4 is 16.7 Å². The molecule has 116 valence electrons. The van der Waals surface area contributed by atoms with Crippen molar-refractivity contribution in [2.24, 2.45) is 0 Å². The van der Waals surface area contributed by atoms with E-state index in [1.165, 1.54) is 27.5 Å².